The van der Waals surface area contributed by atoms with Crippen molar-refractivity contribution < 1.29 is 5.11 Å². The van der Waals surface area contributed by atoms with Crippen LogP contribution in [-0.2, 0) is 0 Å². The van der Waals surface area contributed by atoms with Crippen LogP contribution in [0.3, 0.4) is 0 Å². The molecule has 3 rings (SSSR count). The molecular formula is C18H20N4OS2. The summed E-state index contributed by atoms with van der Waals surface area (Å²) in [5.41, 5.74) is 1.77. The fourth-order valence-electron chi connectivity index (χ4n) is 2.98. The van der Waals surface area contributed by atoms with Gasteiger partial charge in [0.15, 0.2) is 5.82 Å². The Morgan fingerprint density at radius 3 is 3.00 bits per heavy atom. The van der Waals surface area contributed by atoms with E-state index in [9.17, 15) is 10.4 Å². The smallest absolute Gasteiger partial charge is 0.152 e. The first kappa shape index (κ1) is 17.8. The number of nitrogens with zero attached hydrogens (tertiary/aromatic N) is 3. The highest BCUT2D eigenvalue weighted by molar-refractivity contribution is 8.23. The predicted molar refractivity (Wildman–Crippen MR) is 106 cm³/mol. The molecule has 7 heteroatoms. The van der Waals surface area contributed by atoms with Crippen LogP contribution in [0.2, 0.25) is 0 Å². The van der Waals surface area contributed by atoms with Gasteiger partial charge in [-0.1, -0.05) is 36.1 Å². The topological polar surface area (TPSA) is 75.9 Å². The van der Waals surface area contributed by atoms with Gasteiger partial charge in [-0.25, -0.2) is 4.98 Å². The number of aromatic nitrogens is 2. The second kappa shape index (κ2) is 7.89. The second-order valence-corrected chi connectivity index (χ2v) is 7.74. The first-order chi connectivity index (χ1) is 12.1. The Bertz CT molecular complexity index is 819. The number of thioether (sulfide) groups is 1. The molecule has 2 N–H and O–H groups in total. The van der Waals surface area contributed by atoms with Crippen LogP contribution in [0.15, 0.2) is 30.0 Å². The maximum atomic E-state index is 10.4. The van der Waals surface area contributed by atoms with Gasteiger partial charge >= 0.3 is 0 Å². The number of nitriles is 1. The normalized spacial score (nSPS) is 18.7. The van der Waals surface area contributed by atoms with Gasteiger partial charge < -0.3 is 15.0 Å². The van der Waals surface area contributed by atoms with Crippen LogP contribution in [0.1, 0.15) is 32.0 Å². The number of rotatable bonds is 3. The van der Waals surface area contributed by atoms with Crippen molar-refractivity contribution in [3.05, 3.63) is 35.8 Å². The van der Waals surface area contributed by atoms with Gasteiger partial charge in [-0.2, -0.15) is 5.26 Å². The Hall–Kier alpha value is -2.04. The number of piperidine rings is 1. The number of imidazole rings is 1. The Morgan fingerprint density at radius 1 is 1.48 bits per heavy atom. The summed E-state index contributed by atoms with van der Waals surface area (Å²) in [4.78, 5) is 9.68. The van der Waals surface area contributed by atoms with Crippen molar-refractivity contribution >= 4 is 44.9 Å². The minimum atomic E-state index is -0.00133. The third-order valence-corrected chi connectivity index (χ3v) is 5.88. The molecule has 2 heterocycles. The largest absolute Gasteiger partial charge is 0.510 e. The Balaban J connectivity index is 1.73. The highest BCUT2D eigenvalue weighted by Gasteiger charge is 2.21. The van der Waals surface area contributed by atoms with E-state index >= 15 is 0 Å². The fraction of sp³-hybridized carbons (Fsp3) is 0.389. The monoisotopic (exact) mass is 372 g/mol. The number of hydrogen-bond donors (Lipinski definition) is 2. The standard InChI is InChI=1S/C18H20N4OS2/c1-12-6-4-5-9-22(12)18(24)25-11-16(23)13(10-19)17-20-14-7-2-3-8-15(14)21-17/h2-3,7-8,12,23H,4-6,9,11H2,1H3,(H,20,21)/t12-/m0/s1. The lowest BCUT2D eigenvalue weighted by Gasteiger charge is -2.35. The number of thiocarbonyl (C=S) groups is 1. The molecule has 0 saturated carbocycles. The number of benzene rings is 1. The molecule has 1 saturated heterocycles. The van der Waals surface area contributed by atoms with Gasteiger partial charge in [0.2, 0.25) is 0 Å². The molecule has 1 atom stereocenters. The molecule has 2 aromatic rings. The highest BCUT2D eigenvalue weighted by Crippen LogP contribution is 2.25. The highest BCUT2D eigenvalue weighted by atomic mass is 32.2. The average Bonchev–Trinajstić information content (AvgIpc) is 3.04. The molecule has 130 valence electrons. The lowest BCUT2D eigenvalue weighted by molar-refractivity contribution is 0.267. The van der Waals surface area contributed by atoms with Crippen LogP contribution < -0.4 is 0 Å². The Kier molecular flexibility index (Phi) is 5.61. The number of hydrogen-bond acceptors (Lipinski definition) is 5. The molecule has 0 amide bonds. The van der Waals surface area contributed by atoms with Gasteiger partial charge in [0.05, 0.1) is 16.8 Å². The molecule has 0 unspecified atom stereocenters. The Morgan fingerprint density at radius 2 is 2.28 bits per heavy atom. The zero-order valence-electron chi connectivity index (χ0n) is 14.0. The average molecular weight is 373 g/mol. The molecule has 1 aliphatic heterocycles. The summed E-state index contributed by atoms with van der Waals surface area (Å²) in [5.74, 6) is 0.653. The molecule has 1 aliphatic rings. The van der Waals surface area contributed by atoms with E-state index in [2.05, 4.69) is 27.9 Å². The molecule has 0 radical (unpaired) electrons. The summed E-state index contributed by atoms with van der Waals surface area (Å²) in [5, 5.41) is 19.8. The number of aliphatic hydroxyl groups is 1. The summed E-state index contributed by atoms with van der Waals surface area (Å²) in [6, 6.07) is 10.0. The van der Waals surface area contributed by atoms with Crippen LogP contribution in [0.4, 0.5) is 0 Å². The summed E-state index contributed by atoms with van der Waals surface area (Å²) in [7, 11) is 0. The molecule has 0 spiro atoms. The summed E-state index contributed by atoms with van der Waals surface area (Å²) >= 11 is 6.91. The van der Waals surface area contributed by atoms with Crippen molar-refractivity contribution in [2.45, 2.75) is 32.2 Å². The van der Waals surface area contributed by atoms with Gasteiger partial charge in [-0.15, -0.1) is 0 Å². The zero-order valence-corrected chi connectivity index (χ0v) is 15.7. The van der Waals surface area contributed by atoms with Crippen LogP contribution in [-0.4, -0.2) is 42.6 Å². The molecular weight excluding hydrogens is 352 g/mol. The van der Waals surface area contributed by atoms with Gasteiger partial charge in [0.1, 0.15) is 21.7 Å². The summed E-state index contributed by atoms with van der Waals surface area (Å²) < 4.78 is 0.778. The van der Waals surface area contributed by atoms with Crippen molar-refractivity contribution in [1.29, 1.82) is 5.26 Å². The van der Waals surface area contributed by atoms with Gasteiger partial charge in [-0.3, -0.25) is 0 Å². The number of allylic oxidation sites excluding steroid dienone is 1. The molecule has 5 nitrogen and oxygen atoms in total. The third kappa shape index (κ3) is 3.97. The van der Waals surface area contributed by atoms with Gasteiger partial charge in [0.25, 0.3) is 0 Å². The third-order valence-electron chi connectivity index (χ3n) is 4.40. The minimum Gasteiger partial charge on any atom is -0.510 e. The number of H-pyrrole nitrogens is 1. The second-order valence-electron chi connectivity index (χ2n) is 6.13. The SMILES string of the molecule is C[C@H]1CCCCN1C(=S)SCC(O)=C(C#N)c1nc2ccccc2[nH]1. The van der Waals surface area contributed by atoms with Gasteiger partial charge in [-0.05, 0) is 38.3 Å². The fourth-order valence-corrected chi connectivity index (χ4v) is 4.27. The predicted octanol–water partition coefficient (Wildman–Crippen LogP) is 4.25. The first-order valence-corrected chi connectivity index (χ1v) is 9.70. The summed E-state index contributed by atoms with van der Waals surface area (Å²) in [6.07, 6.45) is 3.53. The number of aromatic amines is 1. The number of nitrogens with one attached hydrogen (secondary N) is 1. The van der Waals surface area contributed by atoms with E-state index in [1.54, 1.807) is 0 Å². The zero-order chi connectivity index (χ0) is 17.8. The van der Waals surface area contributed by atoms with E-state index < -0.39 is 0 Å². The first-order valence-electron chi connectivity index (χ1n) is 8.31. The van der Waals surface area contributed by atoms with Crippen molar-refractivity contribution in [3.8, 4) is 6.07 Å². The van der Waals surface area contributed by atoms with E-state index in [0.29, 0.717) is 11.9 Å². The lowest BCUT2D eigenvalue weighted by atomic mass is 10.1. The molecule has 0 aliphatic carbocycles. The molecule has 0 bridgehead atoms. The van der Waals surface area contributed by atoms with Crippen molar-refractivity contribution in [3.63, 3.8) is 0 Å². The quantitative estimate of drug-likeness (QED) is 0.477. The number of aliphatic hydroxyl groups excluding tert-OH is 1. The molecule has 1 fully saturated rings. The van der Waals surface area contributed by atoms with Gasteiger partial charge in [0, 0.05) is 12.6 Å². The van der Waals surface area contributed by atoms with E-state index in [1.165, 1.54) is 18.2 Å². The van der Waals surface area contributed by atoms with Crippen LogP contribution in [0.5, 0.6) is 0 Å². The summed E-state index contributed by atoms with van der Waals surface area (Å²) in [6.45, 7) is 3.14. The number of para-hydroxylation sites is 2. The molecule has 25 heavy (non-hydrogen) atoms. The van der Waals surface area contributed by atoms with Crippen LogP contribution in [0.25, 0.3) is 16.6 Å². The van der Waals surface area contributed by atoms with E-state index in [1.807, 2.05) is 24.3 Å². The van der Waals surface area contributed by atoms with Crippen LogP contribution >= 0.6 is 24.0 Å². The van der Waals surface area contributed by atoms with Crippen molar-refractivity contribution in [2.24, 2.45) is 0 Å². The molecule has 1 aromatic heterocycles. The maximum Gasteiger partial charge on any atom is 0.152 e. The number of likely N-dealkylation sites (tertiary alicyclic amines) is 1. The molecule has 1 aromatic carbocycles. The van der Waals surface area contributed by atoms with E-state index in [0.717, 1.165) is 34.7 Å². The van der Waals surface area contributed by atoms with Crippen molar-refractivity contribution in [2.75, 3.05) is 12.3 Å². The van der Waals surface area contributed by atoms with E-state index in [4.69, 9.17) is 12.2 Å². The maximum absolute atomic E-state index is 10.4. The van der Waals surface area contributed by atoms with E-state index in [-0.39, 0.29) is 17.1 Å². The minimum absolute atomic E-state index is 0.00133. The van der Waals surface area contributed by atoms with Crippen molar-refractivity contribution in [1.82, 2.24) is 14.9 Å². The number of fused-ring (bicyclic) bond motifs is 1. The van der Waals surface area contributed by atoms with Crippen LogP contribution in [0, 0.1) is 11.3 Å². The lowest BCUT2D eigenvalue weighted by Crippen LogP contribution is -2.39. The Labute approximate surface area is 156 Å².